The Morgan fingerprint density at radius 1 is 1.26 bits per heavy atom. The van der Waals surface area contributed by atoms with Gasteiger partial charge in [-0.1, -0.05) is 19.2 Å². The van der Waals surface area contributed by atoms with E-state index in [1.807, 2.05) is 30.5 Å². The monoisotopic (exact) mass is 253 g/mol. The van der Waals surface area contributed by atoms with Crippen LogP contribution in [0, 0.1) is 0 Å². The number of anilines is 1. The number of hydrogen-bond acceptors (Lipinski definition) is 1. The molecule has 1 aromatic heterocycles. The van der Waals surface area contributed by atoms with Crippen molar-refractivity contribution in [3.63, 3.8) is 0 Å². The predicted octanol–water partition coefficient (Wildman–Crippen LogP) is 3.55. The van der Waals surface area contributed by atoms with E-state index in [9.17, 15) is 4.79 Å². The molecule has 1 heterocycles. The molecule has 3 N–H and O–H groups in total. The Morgan fingerprint density at radius 2 is 2.11 bits per heavy atom. The summed E-state index contributed by atoms with van der Waals surface area (Å²) in [6, 6.07) is 7.28. The van der Waals surface area contributed by atoms with Crippen molar-refractivity contribution in [2.24, 2.45) is 0 Å². The smallest absolute Gasteiger partial charge is 0.323 e. The largest absolute Gasteiger partial charge is 0.361 e. The topological polar surface area (TPSA) is 56.9 Å². The summed E-state index contributed by atoms with van der Waals surface area (Å²) in [5.74, 6) is 0. The van der Waals surface area contributed by atoms with Crippen LogP contribution in [-0.2, 0) is 0 Å². The standard InChI is InChI=1S/C15H15N3O/c1-3-5-12(4-2)17-15(19)18-13-6-7-14-11(10-13)8-9-16-14/h3-10,16H,1-2H2,(H2,17,18,19)/b12-5+. The minimum absolute atomic E-state index is 0.317. The van der Waals surface area contributed by atoms with E-state index in [2.05, 4.69) is 28.8 Å². The molecule has 0 aliphatic rings. The fraction of sp³-hybridized carbons (Fsp3) is 0. The fourth-order valence-electron chi connectivity index (χ4n) is 1.71. The quantitative estimate of drug-likeness (QED) is 0.717. The van der Waals surface area contributed by atoms with Gasteiger partial charge in [0.15, 0.2) is 0 Å². The highest BCUT2D eigenvalue weighted by Crippen LogP contribution is 2.17. The van der Waals surface area contributed by atoms with Crippen molar-refractivity contribution >= 4 is 22.6 Å². The van der Waals surface area contributed by atoms with Gasteiger partial charge in [0.25, 0.3) is 0 Å². The lowest BCUT2D eigenvalue weighted by molar-refractivity contribution is 0.254. The molecule has 0 spiro atoms. The van der Waals surface area contributed by atoms with Crippen molar-refractivity contribution in [1.29, 1.82) is 0 Å². The highest BCUT2D eigenvalue weighted by atomic mass is 16.2. The average Bonchev–Trinajstić information content (AvgIpc) is 2.85. The van der Waals surface area contributed by atoms with Crippen molar-refractivity contribution in [1.82, 2.24) is 10.3 Å². The number of hydrogen-bond donors (Lipinski definition) is 3. The summed E-state index contributed by atoms with van der Waals surface area (Å²) < 4.78 is 0. The lowest BCUT2D eigenvalue weighted by atomic mass is 10.2. The van der Waals surface area contributed by atoms with Crippen LogP contribution in [0.2, 0.25) is 0 Å². The molecule has 19 heavy (non-hydrogen) atoms. The molecule has 4 heteroatoms. The van der Waals surface area contributed by atoms with Crippen LogP contribution >= 0.6 is 0 Å². The number of aromatic nitrogens is 1. The number of allylic oxidation sites excluding steroid dienone is 3. The van der Waals surface area contributed by atoms with Gasteiger partial charge in [0.2, 0.25) is 0 Å². The maximum absolute atomic E-state index is 11.8. The molecule has 0 bridgehead atoms. The molecular formula is C15H15N3O. The van der Waals surface area contributed by atoms with E-state index in [1.165, 1.54) is 0 Å². The molecule has 2 rings (SSSR count). The zero-order valence-electron chi connectivity index (χ0n) is 10.4. The van der Waals surface area contributed by atoms with Gasteiger partial charge in [0, 0.05) is 28.5 Å². The Kier molecular flexibility index (Phi) is 3.83. The van der Waals surface area contributed by atoms with Crippen LogP contribution < -0.4 is 10.6 Å². The molecule has 0 radical (unpaired) electrons. The summed E-state index contributed by atoms with van der Waals surface area (Å²) >= 11 is 0. The SMILES string of the molecule is C=C/C=C(\C=C)NC(=O)Nc1ccc2[nH]ccc2c1. The van der Waals surface area contributed by atoms with Gasteiger partial charge in [-0.2, -0.15) is 0 Å². The van der Waals surface area contributed by atoms with E-state index in [-0.39, 0.29) is 6.03 Å². The Balaban J connectivity index is 2.07. The number of benzene rings is 1. The van der Waals surface area contributed by atoms with Gasteiger partial charge in [-0.25, -0.2) is 4.79 Å². The molecule has 0 atom stereocenters. The van der Waals surface area contributed by atoms with Gasteiger partial charge in [0.1, 0.15) is 0 Å². The lowest BCUT2D eigenvalue weighted by Gasteiger charge is -2.08. The number of nitrogens with one attached hydrogen (secondary N) is 3. The first-order chi connectivity index (χ1) is 9.22. The fourth-order valence-corrected chi connectivity index (χ4v) is 1.71. The number of carbonyl (C=O) groups excluding carboxylic acids is 1. The van der Waals surface area contributed by atoms with Crippen LogP contribution in [0.25, 0.3) is 10.9 Å². The first-order valence-electron chi connectivity index (χ1n) is 5.83. The van der Waals surface area contributed by atoms with Crippen LogP contribution in [0.4, 0.5) is 10.5 Å². The third-order valence-electron chi connectivity index (χ3n) is 2.59. The number of H-pyrrole nitrogens is 1. The molecule has 0 fully saturated rings. The number of urea groups is 1. The third-order valence-corrected chi connectivity index (χ3v) is 2.59. The number of aromatic amines is 1. The number of amides is 2. The zero-order chi connectivity index (χ0) is 13.7. The van der Waals surface area contributed by atoms with Gasteiger partial charge >= 0.3 is 6.03 Å². The van der Waals surface area contributed by atoms with Crippen LogP contribution in [0.1, 0.15) is 0 Å². The van der Waals surface area contributed by atoms with Crippen LogP contribution in [0.5, 0.6) is 0 Å². The van der Waals surface area contributed by atoms with Gasteiger partial charge in [-0.3, -0.25) is 0 Å². The van der Waals surface area contributed by atoms with Crippen molar-refractivity contribution < 1.29 is 4.79 Å². The van der Waals surface area contributed by atoms with E-state index in [0.29, 0.717) is 5.70 Å². The number of carbonyl (C=O) groups is 1. The Hall–Kier alpha value is -2.75. The summed E-state index contributed by atoms with van der Waals surface area (Å²) in [4.78, 5) is 14.9. The number of fused-ring (bicyclic) bond motifs is 1. The summed E-state index contributed by atoms with van der Waals surface area (Å²) in [5, 5.41) is 6.48. The van der Waals surface area contributed by atoms with Gasteiger partial charge in [-0.15, -0.1) is 0 Å². The van der Waals surface area contributed by atoms with E-state index in [4.69, 9.17) is 0 Å². The second-order valence-electron chi connectivity index (χ2n) is 3.92. The minimum atomic E-state index is -0.317. The third kappa shape index (κ3) is 3.13. The molecule has 0 saturated heterocycles. The summed E-state index contributed by atoms with van der Waals surface area (Å²) in [5.41, 5.74) is 2.35. The van der Waals surface area contributed by atoms with Gasteiger partial charge in [-0.05, 0) is 36.4 Å². The molecule has 96 valence electrons. The first kappa shape index (κ1) is 12.7. The van der Waals surface area contributed by atoms with E-state index in [0.717, 1.165) is 16.6 Å². The molecule has 0 aliphatic carbocycles. The Bertz CT molecular complexity index is 652. The van der Waals surface area contributed by atoms with Gasteiger partial charge < -0.3 is 15.6 Å². The predicted molar refractivity (Wildman–Crippen MR) is 78.9 cm³/mol. The van der Waals surface area contributed by atoms with Crippen LogP contribution in [-0.4, -0.2) is 11.0 Å². The Morgan fingerprint density at radius 3 is 2.84 bits per heavy atom. The molecule has 1 aromatic carbocycles. The second kappa shape index (κ2) is 5.73. The minimum Gasteiger partial charge on any atom is -0.361 e. The van der Waals surface area contributed by atoms with E-state index >= 15 is 0 Å². The van der Waals surface area contributed by atoms with Crippen LogP contribution in [0.3, 0.4) is 0 Å². The second-order valence-corrected chi connectivity index (χ2v) is 3.92. The molecule has 0 unspecified atom stereocenters. The van der Waals surface area contributed by atoms with Crippen molar-refractivity contribution in [2.75, 3.05) is 5.32 Å². The molecule has 2 aromatic rings. The highest BCUT2D eigenvalue weighted by Gasteiger charge is 2.03. The normalized spacial score (nSPS) is 11.1. The molecule has 4 nitrogen and oxygen atoms in total. The highest BCUT2D eigenvalue weighted by molar-refractivity contribution is 5.93. The Labute approximate surface area is 111 Å². The maximum Gasteiger partial charge on any atom is 0.323 e. The molecule has 0 saturated carbocycles. The number of rotatable bonds is 4. The van der Waals surface area contributed by atoms with Crippen LogP contribution in [0.15, 0.2) is 67.5 Å². The first-order valence-corrected chi connectivity index (χ1v) is 5.83. The van der Waals surface area contributed by atoms with Crippen molar-refractivity contribution in [3.05, 3.63) is 67.5 Å². The maximum atomic E-state index is 11.8. The molecular weight excluding hydrogens is 238 g/mol. The van der Waals surface area contributed by atoms with E-state index in [1.54, 1.807) is 18.2 Å². The van der Waals surface area contributed by atoms with Gasteiger partial charge in [0.05, 0.1) is 0 Å². The lowest BCUT2D eigenvalue weighted by Crippen LogP contribution is -2.27. The van der Waals surface area contributed by atoms with Crippen molar-refractivity contribution in [3.8, 4) is 0 Å². The summed E-state index contributed by atoms with van der Waals surface area (Å²) in [6.45, 7) is 7.18. The zero-order valence-corrected chi connectivity index (χ0v) is 10.4. The van der Waals surface area contributed by atoms with E-state index < -0.39 is 0 Å². The molecule has 2 amide bonds. The summed E-state index contributed by atoms with van der Waals surface area (Å²) in [7, 11) is 0. The van der Waals surface area contributed by atoms with Crippen molar-refractivity contribution in [2.45, 2.75) is 0 Å². The summed E-state index contributed by atoms with van der Waals surface area (Å²) in [6.07, 6.45) is 6.67. The molecule has 0 aliphatic heterocycles. The average molecular weight is 253 g/mol.